The molecular weight excluding hydrogens is 476 g/mol. The zero-order valence-corrected chi connectivity index (χ0v) is 17.9. The lowest BCUT2D eigenvalue weighted by Crippen LogP contribution is -2.39. The van der Waals surface area contributed by atoms with Gasteiger partial charge in [-0.25, -0.2) is 4.79 Å². The molecule has 0 aliphatic carbocycles. The van der Waals surface area contributed by atoms with Gasteiger partial charge in [-0.05, 0) is 41.6 Å². The van der Waals surface area contributed by atoms with E-state index in [1.165, 1.54) is 15.9 Å². The fraction of sp³-hybridized carbons (Fsp3) is 0.625. The second-order valence-corrected chi connectivity index (χ2v) is 8.86. The first-order valence-corrected chi connectivity index (χ1v) is 11.0. The van der Waals surface area contributed by atoms with Crippen LogP contribution in [-0.2, 0) is 28.4 Å². The topological polar surface area (TPSA) is 62.5 Å². The second kappa shape index (κ2) is 8.47. The summed E-state index contributed by atoms with van der Waals surface area (Å²) in [5.74, 6) is 0. The van der Waals surface area contributed by atoms with E-state index >= 15 is 0 Å². The van der Waals surface area contributed by atoms with E-state index in [9.17, 15) is 9.59 Å². The van der Waals surface area contributed by atoms with Crippen molar-refractivity contribution < 1.29 is 9.47 Å². The lowest BCUT2D eigenvalue weighted by Gasteiger charge is -2.22. The molecule has 0 aromatic carbocycles. The van der Waals surface area contributed by atoms with Crippen LogP contribution in [0, 0.1) is 0 Å². The van der Waals surface area contributed by atoms with Crippen molar-refractivity contribution in [2.75, 3.05) is 13.2 Å². The zero-order valence-electron chi connectivity index (χ0n) is 13.9. The number of hydrogen-bond donors (Lipinski definition) is 0. The maximum absolute atomic E-state index is 12.8. The Morgan fingerprint density at radius 1 is 1.36 bits per heavy atom. The standard InChI is InChI=1S/C16H20Br2N2O4S/c1-19-15-12(10(9-17)13(18)25-15)14(21)20(16(19)22)6-4-8-24-11-5-2-3-7-23-11/h11H,2-9H2,1H3. The average Bonchev–Trinajstić information content (AvgIpc) is 2.96. The van der Waals surface area contributed by atoms with Gasteiger partial charge in [0.15, 0.2) is 6.29 Å². The highest BCUT2D eigenvalue weighted by molar-refractivity contribution is 9.11. The van der Waals surface area contributed by atoms with Crippen molar-refractivity contribution in [3.05, 3.63) is 30.2 Å². The molecule has 1 fully saturated rings. The van der Waals surface area contributed by atoms with E-state index in [0.717, 1.165) is 35.2 Å². The number of alkyl halides is 1. The van der Waals surface area contributed by atoms with Crippen molar-refractivity contribution in [2.24, 2.45) is 7.05 Å². The first kappa shape index (κ1) is 19.3. The summed E-state index contributed by atoms with van der Waals surface area (Å²) in [5, 5.41) is 1.16. The number of nitrogens with zero attached hydrogens (tertiary/aromatic N) is 2. The highest BCUT2D eigenvalue weighted by atomic mass is 79.9. The van der Waals surface area contributed by atoms with Crippen LogP contribution in [0.5, 0.6) is 0 Å². The summed E-state index contributed by atoms with van der Waals surface area (Å²) in [6.07, 6.45) is 3.55. The highest BCUT2D eigenvalue weighted by Gasteiger charge is 2.19. The molecule has 0 radical (unpaired) electrons. The van der Waals surface area contributed by atoms with Crippen molar-refractivity contribution in [1.29, 1.82) is 0 Å². The Kier molecular flexibility index (Phi) is 6.54. The second-order valence-electron chi connectivity index (χ2n) is 5.99. The molecule has 6 nitrogen and oxygen atoms in total. The molecule has 1 atom stereocenters. The maximum Gasteiger partial charge on any atom is 0.331 e. The SMILES string of the molecule is Cn1c(=O)n(CCCOC2CCCCO2)c(=O)c2c(CBr)c(Br)sc21. The molecule has 2 aromatic heterocycles. The first-order chi connectivity index (χ1) is 12.0. The van der Waals surface area contributed by atoms with Gasteiger partial charge in [0.25, 0.3) is 5.56 Å². The molecule has 2 aromatic rings. The van der Waals surface area contributed by atoms with Crippen molar-refractivity contribution >= 4 is 53.4 Å². The molecule has 1 aliphatic heterocycles. The molecule has 1 saturated heterocycles. The van der Waals surface area contributed by atoms with E-state index < -0.39 is 0 Å². The maximum atomic E-state index is 12.8. The van der Waals surface area contributed by atoms with Gasteiger partial charge in [0.1, 0.15) is 4.83 Å². The molecule has 0 saturated carbocycles. The third-order valence-corrected chi connectivity index (χ3v) is 6.94. The van der Waals surface area contributed by atoms with Gasteiger partial charge in [0.05, 0.1) is 15.8 Å². The van der Waals surface area contributed by atoms with E-state index in [2.05, 4.69) is 31.9 Å². The van der Waals surface area contributed by atoms with Gasteiger partial charge in [0, 0.05) is 31.1 Å². The van der Waals surface area contributed by atoms with Gasteiger partial charge in [-0.2, -0.15) is 0 Å². The third kappa shape index (κ3) is 3.95. The lowest BCUT2D eigenvalue weighted by atomic mass is 10.2. The molecule has 3 rings (SSSR count). The summed E-state index contributed by atoms with van der Waals surface area (Å²) in [5.41, 5.74) is 0.367. The molecule has 0 amide bonds. The number of aromatic nitrogens is 2. The quantitative estimate of drug-likeness (QED) is 0.455. The van der Waals surface area contributed by atoms with Crippen LogP contribution in [-0.4, -0.2) is 28.6 Å². The molecular formula is C16H20Br2N2O4S. The number of halogens is 2. The van der Waals surface area contributed by atoms with Crippen LogP contribution < -0.4 is 11.2 Å². The van der Waals surface area contributed by atoms with Crippen molar-refractivity contribution in [2.45, 2.75) is 43.8 Å². The number of rotatable bonds is 6. The van der Waals surface area contributed by atoms with Gasteiger partial charge in [-0.3, -0.25) is 13.9 Å². The summed E-state index contributed by atoms with van der Waals surface area (Å²) in [7, 11) is 1.70. The van der Waals surface area contributed by atoms with E-state index in [0.29, 0.717) is 35.1 Å². The van der Waals surface area contributed by atoms with Crippen LogP contribution in [0.15, 0.2) is 13.4 Å². The number of ether oxygens (including phenoxy) is 2. The van der Waals surface area contributed by atoms with Crippen LogP contribution in [0.3, 0.4) is 0 Å². The fourth-order valence-corrected chi connectivity index (χ4v) is 5.88. The minimum atomic E-state index is -0.290. The van der Waals surface area contributed by atoms with Gasteiger partial charge >= 0.3 is 5.69 Å². The molecule has 9 heteroatoms. The van der Waals surface area contributed by atoms with Gasteiger partial charge < -0.3 is 9.47 Å². The van der Waals surface area contributed by atoms with Crippen LogP contribution in [0.4, 0.5) is 0 Å². The number of aryl methyl sites for hydroxylation is 1. The average molecular weight is 496 g/mol. The molecule has 3 heterocycles. The Bertz CT molecular complexity index is 868. The normalized spacial score (nSPS) is 18.1. The van der Waals surface area contributed by atoms with E-state index in [-0.39, 0.29) is 17.5 Å². The van der Waals surface area contributed by atoms with E-state index in [1.54, 1.807) is 11.6 Å². The lowest BCUT2D eigenvalue weighted by molar-refractivity contribution is -0.163. The van der Waals surface area contributed by atoms with Gasteiger partial charge in [0.2, 0.25) is 0 Å². The molecule has 1 aliphatic rings. The Labute approximate surface area is 166 Å². The van der Waals surface area contributed by atoms with Crippen LogP contribution in [0.2, 0.25) is 0 Å². The van der Waals surface area contributed by atoms with Crippen molar-refractivity contribution in [3.8, 4) is 0 Å². The summed E-state index contributed by atoms with van der Waals surface area (Å²) in [4.78, 5) is 26.1. The van der Waals surface area contributed by atoms with Crippen LogP contribution >= 0.6 is 43.2 Å². The Morgan fingerprint density at radius 3 is 2.84 bits per heavy atom. The van der Waals surface area contributed by atoms with E-state index in [4.69, 9.17) is 9.47 Å². The van der Waals surface area contributed by atoms with Gasteiger partial charge in [-0.1, -0.05) is 15.9 Å². The Hall–Kier alpha value is -0.480. The smallest absolute Gasteiger partial charge is 0.331 e. The molecule has 0 spiro atoms. The number of fused-ring (bicyclic) bond motifs is 1. The minimum Gasteiger partial charge on any atom is -0.353 e. The summed E-state index contributed by atoms with van der Waals surface area (Å²) in [6, 6.07) is 0. The zero-order chi connectivity index (χ0) is 18.0. The Balaban J connectivity index is 1.79. The van der Waals surface area contributed by atoms with Crippen molar-refractivity contribution in [3.63, 3.8) is 0 Å². The van der Waals surface area contributed by atoms with Gasteiger partial charge in [-0.15, -0.1) is 11.3 Å². The predicted octanol–water partition coefficient (Wildman–Crippen LogP) is 3.35. The summed E-state index contributed by atoms with van der Waals surface area (Å²) in [6.45, 7) is 1.55. The number of thiophene rings is 1. The third-order valence-electron chi connectivity index (χ3n) is 4.32. The molecule has 1 unspecified atom stereocenters. The van der Waals surface area contributed by atoms with E-state index in [1.807, 2.05) is 0 Å². The molecule has 25 heavy (non-hydrogen) atoms. The van der Waals surface area contributed by atoms with Crippen LogP contribution in [0.1, 0.15) is 31.2 Å². The van der Waals surface area contributed by atoms with Crippen molar-refractivity contribution in [1.82, 2.24) is 9.13 Å². The fourth-order valence-electron chi connectivity index (χ4n) is 2.97. The minimum absolute atomic E-state index is 0.149. The monoisotopic (exact) mass is 494 g/mol. The Morgan fingerprint density at radius 2 is 2.16 bits per heavy atom. The first-order valence-electron chi connectivity index (χ1n) is 8.24. The molecule has 0 N–H and O–H groups in total. The largest absolute Gasteiger partial charge is 0.353 e. The summed E-state index contributed by atoms with van der Waals surface area (Å²) >= 11 is 8.32. The molecule has 138 valence electrons. The summed E-state index contributed by atoms with van der Waals surface area (Å²) < 4.78 is 14.9. The highest BCUT2D eigenvalue weighted by Crippen LogP contribution is 2.34. The predicted molar refractivity (Wildman–Crippen MR) is 106 cm³/mol. The molecule has 0 bridgehead atoms. The number of hydrogen-bond acceptors (Lipinski definition) is 5. The van der Waals surface area contributed by atoms with Crippen LogP contribution in [0.25, 0.3) is 10.2 Å².